The highest BCUT2D eigenvalue weighted by Gasteiger charge is 2.07. The molecule has 0 aromatic rings. The predicted octanol–water partition coefficient (Wildman–Crippen LogP) is 0.762. The molecule has 0 saturated heterocycles. The minimum absolute atomic E-state index is 0.242. The van der Waals surface area contributed by atoms with Crippen molar-refractivity contribution in [3.63, 3.8) is 0 Å². The van der Waals surface area contributed by atoms with Crippen molar-refractivity contribution in [3.05, 3.63) is 0 Å². The minimum Gasteiger partial charge on any atom is -0.312 e. The van der Waals surface area contributed by atoms with E-state index in [4.69, 9.17) is 0 Å². The van der Waals surface area contributed by atoms with Crippen LogP contribution in [0, 0.1) is 0 Å². The molecule has 1 unspecified atom stereocenters. The van der Waals surface area contributed by atoms with Gasteiger partial charge in [-0.15, -0.1) is 0 Å². The summed E-state index contributed by atoms with van der Waals surface area (Å²) in [7, 11) is -2.80. The number of nitrogens with one attached hydrogen (secondary N) is 1. The molecular weight excluding hydrogens is 206 g/mol. The Hall–Kier alpha value is 0.260. The summed E-state index contributed by atoms with van der Waals surface area (Å²) in [4.78, 5) is 0. The van der Waals surface area contributed by atoms with Crippen molar-refractivity contribution in [2.75, 3.05) is 30.1 Å². The Bertz CT molecular complexity index is 214. The maximum Gasteiger partial charge on any atom is 0.151 e. The smallest absolute Gasteiger partial charge is 0.151 e. The van der Waals surface area contributed by atoms with Crippen LogP contribution in [-0.2, 0) is 9.84 Å². The van der Waals surface area contributed by atoms with Crippen molar-refractivity contribution < 1.29 is 8.42 Å². The summed E-state index contributed by atoms with van der Waals surface area (Å²) in [5, 5.41) is 3.17. The molecule has 0 amide bonds. The summed E-state index contributed by atoms with van der Waals surface area (Å²) >= 11 is 1.76. The van der Waals surface area contributed by atoms with E-state index in [2.05, 4.69) is 12.2 Å². The zero-order valence-corrected chi connectivity index (χ0v) is 10.2. The zero-order chi connectivity index (χ0) is 10.3. The van der Waals surface area contributed by atoms with Gasteiger partial charge in [0.25, 0.3) is 0 Å². The predicted molar refractivity (Wildman–Crippen MR) is 60.2 cm³/mol. The zero-order valence-electron chi connectivity index (χ0n) is 8.54. The van der Waals surface area contributed by atoms with Gasteiger partial charge in [-0.3, -0.25) is 0 Å². The van der Waals surface area contributed by atoms with Crippen LogP contribution >= 0.6 is 11.8 Å². The molecule has 0 radical (unpaired) electrons. The summed E-state index contributed by atoms with van der Waals surface area (Å²) < 4.78 is 22.2. The fraction of sp³-hybridized carbons (Fsp3) is 1.00. The molecule has 0 spiro atoms. The lowest BCUT2D eigenvalue weighted by Gasteiger charge is -2.11. The Morgan fingerprint density at radius 2 is 2.08 bits per heavy atom. The molecule has 1 atom stereocenters. The quantitative estimate of drug-likeness (QED) is 0.695. The molecule has 0 aliphatic heterocycles. The molecule has 0 saturated carbocycles. The molecule has 13 heavy (non-hydrogen) atoms. The third kappa shape index (κ3) is 7.34. The Kier molecular flexibility index (Phi) is 6.81. The monoisotopic (exact) mass is 225 g/mol. The van der Waals surface area contributed by atoms with Gasteiger partial charge in [0.1, 0.15) is 0 Å². The van der Waals surface area contributed by atoms with Crippen LogP contribution in [0.2, 0.25) is 0 Å². The summed E-state index contributed by atoms with van der Waals surface area (Å²) in [5.74, 6) is 1.51. The van der Waals surface area contributed by atoms with Crippen LogP contribution in [0.5, 0.6) is 0 Å². The molecule has 80 valence electrons. The average Bonchev–Trinajstić information content (AvgIpc) is 2.05. The maximum atomic E-state index is 11.1. The SMILES string of the molecule is CCS(=O)(=O)CCNC(C)CSC. The second kappa shape index (κ2) is 6.68. The summed E-state index contributed by atoms with van der Waals surface area (Å²) in [6.45, 7) is 4.31. The molecule has 0 aliphatic carbocycles. The Labute approximate surface area is 85.6 Å². The third-order valence-electron chi connectivity index (χ3n) is 1.76. The van der Waals surface area contributed by atoms with E-state index in [1.54, 1.807) is 18.7 Å². The van der Waals surface area contributed by atoms with Crippen molar-refractivity contribution in [1.29, 1.82) is 0 Å². The van der Waals surface area contributed by atoms with Gasteiger partial charge in [-0.1, -0.05) is 6.92 Å². The average molecular weight is 225 g/mol. The van der Waals surface area contributed by atoms with Crippen LogP contribution in [0.3, 0.4) is 0 Å². The highest BCUT2D eigenvalue weighted by molar-refractivity contribution is 7.98. The van der Waals surface area contributed by atoms with E-state index in [1.165, 1.54) is 0 Å². The second-order valence-electron chi connectivity index (χ2n) is 3.05. The lowest BCUT2D eigenvalue weighted by Crippen LogP contribution is -2.32. The standard InChI is InChI=1S/C8H19NO2S2/c1-4-13(10,11)6-5-9-8(2)7-12-3/h8-9H,4-7H2,1-3H3. The lowest BCUT2D eigenvalue weighted by molar-refractivity contribution is 0.581. The van der Waals surface area contributed by atoms with E-state index < -0.39 is 9.84 Å². The number of hydrogen-bond donors (Lipinski definition) is 1. The summed E-state index contributed by atoms with van der Waals surface area (Å²) in [6.07, 6.45) is 2.04. The van der Waals surface area contributed by atoms with Crippen LogP contribution in [0.1, 0.15) is 13.8 Å². The molecule has 0 bridgehead atoms. The number of hydrogen-bond acceptors (Lipinski definition) is 4. The van der Waals surface area contributed by atoms with Gasteiger partial charge in [-0.05, 0) is 13.2 Å². The Morgan fingerprint density at radius 1 is 1.46 bits per heavy atom. The van der Waals surface area contributed by atoms with Crippen LogP contribution in [0.25, 0.3) is 0 Å². The fourth-order valence-electron chi connectivity index (χ4n) is 0.914. The number of thioether (sulfide) groups is 1. The van der Waals surface area contributed by atoms with Crippen molar-refractivity contribution in [3.8, 4) is 0 Å². The van der Waals surface area contributed by atoms with Gasteiger partial charge in [0, 0.05) is 24.1 Å². The first-order valence-electron chi connectivity index (χ1n) is 4.44. The molecule has 5 heteroatoms. The number of rotatable bonds is 7. The van der Waals surface area contributed by atoms with Crippen LogP contribution in [0.15, 0.2) is 0 Å². The van der Waals surface area contributed by atoms with Gasteiger partial charge in [-0.25, -0.2) is 8.42 Å². The van der Waals surface area contributed by atoms with Crippen molar-refractivity contribution in [2.24, 2.45) is 0 Å². The van der Waals surface area contributed by atoms with Gasteiger partial charge in [0.2, 0.25) is 0 Å². The maximum absolute atomic E-state index is 11.1. The Morgan fingerprint density at radius 3 is 2.54 bits per heavy atom. The molecule has 0 rings (SSSR count). The lowest BCUT2D eigenvalue weighted by atomic mass is 10.4. The number of sulfone groups is 1. The molecule has 0 aromatic heterocycles. The second-order valence-corrected chi connectivity index (χ2v) is 6.43. The van der Waals surface area contributed by atoms with Gasteiger partial charge in [-0.2, -0.15) is 11.8 Å². The first-order chi connectivity index (χ1) is 6.02. The van der Waals surface area contributed by atoms with Gasteiger partial charge < -0.3 is 5.32 Å². The summed E-state index contributed by atoms with van der Waals surface area (Å²) in [6, 6.07) is 0.391. The molecule has 0 heterocycles. The normalized spacial score (nSPS) is 14.4. The van der Waals surface area contributed by atoms with Gasteiger partial charge in [0.05, 0.1) is 5.75 Å². The molecule has 1 N–H and O–H groups in total. The molecule has 0 aliphatic rings. The van der Waals surface area contributed by atoms with Crippen molar-refractivity contribution >= 4 is 21.6 Å². The first-order valence-corrected chi connectivity index (χ1v) is 7.66. The third-order valence-corrected chi connectivity index (χ3v) is 4.30. The van der Waals surface area contributed by atoms with E-state index in [1.807, 2.05) is 6.26 Å². The van der Waals surface area contributed by atoms with Crippen LogP contribution < -0.4 is 5.32 Å². The van der Waals surface area contributed by atoms with E-state index in [9.17, 15) is 8.42 Å². The molecular formula is C8H19NO2S2. The van der Waals surface area contributed by atoms with Crippen molar-refractivity contribution in [2.45, 2.75) is 19.9 Å². The van der Waals surface area contributed by atoms with Gasteiger partial charge >= 0.3 is 0 Å². The van der Waals surface area contributed by atoms with E-state index in [-0.39, 0.29) is 11.5 Å². The summed E-state index contributed by atoms with van der Waals surface area (Å²) in [5.41, 5.74) is 0. The highest BCUT2D eigenvalue weighted by atomic mass is 32.2. The van der Waals surface area contributed by atoms with Crippen molar-refractivity contribution in [1.82, 2.24) is 5.32 Å². The minimum atomic E-state index is -2.80. The first kappa shape index (κ1) is 13.3. The topological polar surface area (TPSA) is 46.2 Å². The largest absolute Gasteiger partial charge is 0.312 e. The molecule has 0 fully saturated rings. The van der Waals surface area contributed by atoms with Crippen LogP contribution in [-0.4, -0.2) is 44.5 Å². The van der Waals surface area contributed by atoms with Gasteiger partial charge in [0.15, 0.2) is 9.84 Å². The molecule has 3 nitrogen and oxygen atoms in total. The Balaban J connectivity index is 3.56. The van der Waals surface area contributed by atoms with Crippen LogP contribution in [0.4, 0.5) is 0 Å². The molecule has 0 aromatic carbocycles. The van der Waals surface area contributed by atoms with E-state index in [0.717, 1.165) is 5.75 Å². The van der Waals surface area contributed by atoms with E-state index in [0.29, 0.717) is 12.6 Å². The highest BCUT2D eigenvalue weighted by Crippen LogP contribution is 1.96. The fourth-order valence-corrected chi connectivity index (χ4v) is 2.25. The van der Waals surface area contributed by atoms with E-state index >= 15 is 0 Å².